The van der Waals surface area contributed by atoms with E-state index in [1.54, 1.807) is 7.05 Å². The number of halogens is 2. The Labute approximate surface area is 63.0 Å². The molecule has 3 nitrogen and oxygen atoms in total. The molecule has 62 valence electrons. The Hall–Kier alpha value is -1.13. The smallest absolute Gasteiger partial charge is 0.256 e. The summed E-state index contributed by atoms with van der Waals surface area (Å²) in [6.45, 7) is -0.309. The molecule has 0 saturated carbocycles. The van der Waals surface area contributed by atoms with Gasteiger partial charge in [-0.15, -0.1) is 0 Å². The van der Waals surface area contributed by atoms with Crippen LogP contribution in [0.1, 0.15) is 0 Å². The highest BCUT2D eigenvalue weighted by Gasteiger charge is 2.06. The first-order valence-electron chi connectivity index (χ1n) is 3.21. The third-order valence-electron chi connectivity index (χ3n) is 1.27. The maximum absolute atomic E-state index is 11.8. The lowest BCUT2D eigenvalue weighted by Crippen LogP contribution is -2.08. The van der Waals surface area contributed by atoms with Gasteiger partial charge >= 0.3 is 0 Å². The van der Waals surface area contributed by atoms with Gasteiger partial charge < -0.3 is 9.88 Å². The fraction of sp³-hybridized carbons (Fsp3) is 0.500. The lowest BCUT2D eigenvalue weighted by atomic mass is 10.6. The largest absolute Gasteiger partial charge is 0.359 e. The van der Waals surface area contributed by atoms with E-state index in [1.165, 1.54) is 17.0 Å². The van der Waals surface area contributed by atoms with Crippen molar-refractivity contribution in [1.29, 1.82) is 0 Å². The average molecular weight is 161 g/mol. The number of hydrogen-bond acceptors (Lipinski definition) is 2. The van der Waals surface area contributed by atoms with Gasteiger partial charge in [0.25, 0.3) is 6.43 Å². The van der Waals surface area contributed by atoms with E-state index in [1.807, 2.05) is 0 Å². The predicted molar refractivity (Wildman–Crippen MR) is 37.8 cm³/mol. The molecular formula is C6H9F2N3. The Morgan fingerprint density at radius 2 is 2.45 bits per heavy atom. The van der Waals surface area contributed by atoms with E-state index in [0.717, 1.165) is 0 Å². The fourth-order valence-electron chi connectivity index (χ4n) is 0.833. The molecule has 0 unspecified atom stereocenters. The van der Waals surface area contributed by atoms with Crippen molar-refractivity contribution in [3.8, 4) is 0 Å². The third kappa shape index (κ3) is 1.89. The van der Waals surface area contributed by atoms with Crippen LogP contribution in [0.5, 0.6) is 0 Å². The second-order valence-electron chi connectivity index (χ2n) is 2.04. The van der Waals surface area contributed by atoms with Crippen molar-refractivity contribution in [2.45, 2.75) is 13.0 Å². The van der Waals surface area contributed by atoms with Gasteiger partial charge in [-0.3, -0.25) is 0 Å². The molecule has 0 aliphatic rings. The molecule has 1 rings (SSSR count). The quantitative estimate of drug-likeness (QED) is 0.721. The fourth-order valence-corrected chi connectivity index (χ4v) is 0.833. The number of nitrogens with zero attached hydrogens (tertiary/aromatic N) is 2. The van der Waals surface area contributed by atoms with Gasteiger partial charge in [-0.05, 0) is 0 Å². The van der Waals surface area contributed by atoms with Crippen LogP contribution >= 0.6 is 0 Å². The van der Waals surface area contributed by atoms with Gasteiger partial charge in [0.05, 0.1) is 6.54 Å². The minimum absolute atomic E-state index is 0.309. The summed E-state index contributed by atoms with van der Waals surface area (Å²) in [4.78, 5) is 3.81. The molecule has 0 aliphatic carbocycles. The van der Waals surface area contributed by atoms with Crippen molar-refractivity contribution >= 4 is 5.95 Å². The van der Waals surface area contributed by atoms with Crippen molar-refractivity contribution in [2.24, 2.45) is 0 Å². The van der Waals surface area contributed by atoms with Crippen LogP contribution in [0.3, 0.4) is 0 Å². The van der Waals surface area contributed by atoms with Crippen LogP contribution in [0.15, 0.2) is 12.4 Å². The Morgan fingerprint density at radius 3 is 3.00 bits per heavy atom. The van der Waals surface area contributed by atoms with Gasteiger partial charge in [-0.25, -0.2) is 13.8 Å². The number of aromatic nitrogens is 2. The summed E-state index contributed by atoms with van der Waals surface area (Å²) in [5.74, 6) is 0.463. The number of hydrogen-bond donors (Lipinski definition) is 1. The van der Waals surface area contributed by atoms with Crippen molar-refractivity contribution in [3.63, 3.8) is 0 Å². The molecule has 0 spiro atoms. The summed E-state index contributed by atoms with van der Waals surface area (Å²) in [7, 11) is 1.64. The van der Waals surface area contributed by atoms with Crippen molar-refractivity contribution in [1.82, 2.24) is 9.55 Å². The van der Waals surface area contributed by atoms with Gasteiger partial charge in [0.2, 0.25) is 5.95 Å². The molecule has 0 fully saturated rings. The van der Waals surface area contributed by atoms with E-state index in [9.17, 15) is 8.78 Å². The third-order valence-corrected chi connectivity index (χ3v) is 1.27. The van der Waals surface area contributed by atoms with Crippen LogP contribution in [-0.2, 0) is 6.54 Å². The normalized spacial score (nSPS) is 10.5. The van der Waals surface area contributed by atoms with E-state index < -0.39 is 6.43 Å². The molecule has 11 heavy (non-hydrogen) atoms. The molecular weight excluding hydrogens is 152 g/mol. The second kappa shape index (κ2) is 3.32. The number of nitrogens with one attached hydrogen (secondary N) is 1. The van der Waals surface area contributed by atoms with Gasteiger partial charge in [-0.2, -0.15) is 0 Å². The molecule has 1 N–H and O–H groups in total. The minimum Gasteiger partial charge on any atom is -0.359 e. The van der Waals surface area contributed by atoms with Crippen LogP contribution in [-0.4, -0.2) is 23.0 Å². The van der Waals surface area contributed by atoms with Crippen LogP contribution in [0, 0.1) is 0 Å². The van der Waals surface area contributed by atoms with E-state index in [2.05, 4.69) is 10.3 Å². The van der Waals surface area contributed by atoms with E-state index >= 15 is 0 Å². The topological polar surface area (TPSA) is 29.9 Å². The van der Waals surface area contributed by atoms with E-state index in [-0.39, 0.29) is 6.54 Å². The van der Waals surface area contributed by atoms with Gasteiger partial charge in [0, 0.05) is 19.4 Å². The highest BCUT2D eigenvalue weighted by Crippen LogP contribution is 2.06. The zero-order chi connectivity index (χ0) is 8.27. The highest BCUT2D eigenvalue weighted by atomic mass is 19.3. The van der Waals surface area contributed by atoms with Crippen LogP contribution < -0.4 is 5.32 Å². The summed E-state index contributed by atoms with van der Waals surface area (Å²) in [6.07, 6.45) is 0.656. The first-order valence-corrected chi connectivity index (χ1v) is 3.21. The molecule has 0 aromatic carbocycles. The molecule has 5 heteroatoms. The summed E-state index contributed by atoms with van der Waals surface area (Å²) < 4.78 is 25.0. The molecule has 1 aromatic heterocycles. The number of alkyl halides is 2. The highest BCUT2D eigenvalue weighted by molar-refractivity contribution is 5.23. The molecule has 0 aliphatic heterocycles. The lowest BCUT2D eigenvalue weighted by Gasteiger charge is -2.04. The Bertz CT molecular complexity index is 221. The monoisotopic (exact) mass is 161 g/mol. The Kier molecular flexibility index (Phi) is 2.40. The molecule has 1 heterocycles. The molecule has 0 bridgehead atoms. The van der Waals surface area contributed by atoms with Crippen LogP contribution in [0.25, 0.3) is 0 Å². The van der Waals surface area contributed by atoms with E-state index in [4.69, 9.17) is 0 Å². The van der Waals surface area contributed by atoms with Crippen LogP contribution in [0.2, 0.25) is 0 Å². The molecule has 0 atom stereocenters. The predicted octanol–water partition coefficient (Wildman–Crippen LogP) is 1.19. The van der Waals surface area contributed by atoms with Gasteiger partial charge in [0.1, 0.15) is 0 Å². The van der Waals surface area contributed by atoms with Gasteiger partial charge in [0.15, 0.2) is 0 Å². The van der Waals surface area contributed by atoms with Gasteiger partial charge in [-0.1, -0.05) is 0 Å². The maximum atomic E-state index is 11.8. The summed E-state index contributed by atoms with van der Waals surface area (Å²) >= 11 is 0. The molecule has 0 radical (unpaired) electrons. The number of imidazole rings is 1. The summed E-state index contributed by atoms with van der Waals surface area (Å²) in [5.41, 5.74) is 0. The standard InChI is InChI=1S/C6H9F2N3/c1-9-6-10-2-3-11(6)4-5(7)8/h2-3,5H,4H2,1H3,(H,9,10). The molecule has 0 amide bonds. The molecule has 0 saturated heterocycles. The van der Waals surface area contributed by atoms with E-state index in [0.29, 0.717) is 5.95 Å². The second-order valence-corrected chi connectivity index (χ2v) is 2.04. The zero-order valence-corrected chi connectivity index (χ0v) is 6.09. The maximum Gasteiger partial charge on any atom is 0.256 e. The lowest BCUT2D eigenvalue weighted by molar-refractivity contribution is 0.127. The molecule has 1 aromatic rings. The zero-order valence-electron chi connectivity index (χ0n) is 6.09. The van der Waals surface area contributed by atoms with Crippen LogP contribution in [0.4, 0.5) is 14.7 Å². The summed E-state index contributed by atoms with van der Waals surface area (Å²) in [5, 5.41) is 2.70. The SMILES string of the molecule is CNc1nccn1CC(F)F. The average Bonchev–Trinajstić information content (AvgIpc) is 2.34. The number of rotatable bonds is 3. The number of anilines is 1. The Balaban J connectivity index is 2.68. The van der Waals surface area contributed by atoms with Crippen molar-refractivity contribution < 1.29 is 8.78 Å². The van der Waals surface area contributed by atoms with Crippen molar-refractivity contribution in [2.75, 3.05) is 12.4 Å². The first-order chi connectivity index (χ1) is 5.24. The Morgan fingerprint density at radius 1 is 1.73 bits per heavy atom. The minimum atomic E-state index is -2.34. The summed E-state index contributed by atoms with van der Waals surface area (Å²) in [6, 6.07) is 0. The van der Waals surface area contributed by atoms with Crippen molar-refractivity contribution in [3.05, 3.63) is 12.4 Å². The first kappa shape index (κ1) is 7.97.